The summed E-state index contributed by atoms with van der Waals surface area (Å²) >= 11 is 0. The number of fused-ring (bicyclic) bond motifs is 1. The minimum atomic E-state index is -0.308. The second-order valence-electron chi connectivity index (χ2n) is 8.68. The quantitative estimate of drug-likeness (QED) is 0.517. The number of rotatable bonds is 6. The van der Waals surface area contributed by atoms with Crippen molar-refractivity contribution in [3.05, 3.63) is 51.7 Å². The van der Waals surface area contributed by atoms with Crippen LogP contribution >= 0.6 is 0 Å². The fraction of sp³-hybridized carbons (Fsp3) is 0.407. The molecule has 1 aromatic heterocycles. The normalized spacial score (nSPS) is 14.1. The van der Waals surface area contributed by atoms with Crippen LogP contribution in [0.15, 0.2) is 39.5 Å². The minimum Gasteiger partial charge on any atom is -0.493 e. The number of methoxy groups -OCH3 is 2. The lowest BCUT2D eigenvalue weighted by molar-refractivity contribution is -0.133. The molecule has 0 spiro atoms. The Morgan fingerprint density at radius 2 is 1.62 bits per heavy atom. The number of carbonyl (C=O) groups is 1. The number of nitrogens with zero attached hydrogens (tertiary/aromatic N) is 1. The SMILES string of the molecule is COc1ccc(-c2oc3cc(C)c(C)cc3c(=O)c2OCC(=O)N2CCCCCC2)cc1OC. The van der Waals surface area contributed by atoms with Gasteiger partial charge in [-0.15, -0.1) is 0 Å². The van der Waals surface area contributed by atoms with Gasteiger partial charge in [0.2, 0.25) is 11.2 Å². The molecule has 2 aromatic carbocycles. The minimum absolute atomic E-state index is 0.0196. The Morgan fingerprint density at radius 3 is 2.29 bits per heavy atom. The van der Waals surface area contributed by atoms with E-state index in [0.717, 1.165) is 49.9 Å². The van der Waals surface area contributed by atoms with Crippen LogP contribution in [0, 0.1) is 13.8 Å². The fourth-order valence-corrected chi connectivity index (χ4v) is 4.28. The van der Waals surface area contributed by atoms with Crippen molar-refractivity contribution in [1.82, 2.24) is 4.90 Å². The third-order valence-electron chi connectivity index (χ3n) is 6.41. The standard InChI is InChI=1S/C27H31NO6/c1-17-13-20-22(14-18(17)2)34-26(19-9-10-21(31-3)23(15-19)32-4)27(25(20)30)33-16-24(29)28-11-7-5-6-8-12-28/h9-10,13-15H,5-8,11-12,16H2,1-4H3. The smallest absolute Gasteiger partial charge is 0.260 e. The number of amides is 1. The summed E-state index contributed by atoms with van der Waals surface area (Å²) in [7, 11) is 3.10. The molecule has 1 amide bonds. The summed E-state index contributed by atoms with van der Waals surface area (Å²) in [6.07, 6.45) is 4.22. The van der Waals surface area contributed by atoms with Gasteiger partial charge in [0, 0.05) is 18.7 Å². The topological polar surface area (TPSA) is 78.2 Å². The summed E-state index contributed by atoms with van der Waals surface area (Å²) in [5, 5.41) is 0.421. The number of carbonyl (C=O) groups excluding carboxylic acids is 1. The number of aryl methyl sites for hydroxylation is 2. The van der Waals surface area contributed by atoms with Gasteiger partial charge in [-0.25, -0.2) is 0 Å². The van der Waals surface area contributed by atoms with Crippen molar-refractivity contribution in [2.45, 2.75) is 39.5 Å². The zero-order valence-electron chi connectivity index (χ0n) is 20.2. The van der Waals surface area contributed by atoms with E-state index in [2.05, 4.69) is 0 Å². The summed E-state index contributed by atoms with van der Waals surface area (Å²) in [5.74, 6) is 1.20. The zero-order valence-corrected chi connectivity index (χ0v) is 20.2. The zero-order chi connectivity index (χ0) is 24.2. The molecule has 2 heterocycles. The number of likely N-dealkylation sites (tertiary alicyclic amines) is 1. The summed E-state index contributed by atoms with van der Waals surface area (Å²) in [5.41, 5.74) is 2.73. The molecule has 4 rings (SSSR count). The molecule has 1 saturated heterocycles. The average molecular weight is 466 g/mol. The number of benzene rings is 2. The number of hydrogen-bond donors (Lipinski definition) is 0. The van der Waals surface area contributed by atoms with E-state index >= 15 is 0 Å². The average Bonchev–Trinajstić information content (AvgIpc) is 3.14. The van der Waals surface area contributed by atoms with Gasteiger partial charge >= 0.3 is 0 Å². The van der Waals surface area contributed by atoms with Crippen LogP contribution < -0.4 is 19.6 Å². The van der Waals surface area contributed by atoms with Crippen LogP contribution in [-0.2, 0) is 4.79 Å². The second-order valence-corrected chi connectivity index (χ2v) is 8.68. The molecule has 0 N–H and O–H groups in total. The van der Waals surface area contributed by atoms with Crippen LogP contribution in [0.5, 0.6) is 17.2 Å². The molecule has 1 aliphatic rings. The van der Waals surface area contributed by atoms with Crippen molar-refractivity contribution < 1.29 is 23.4 Å². The molecule has 3 aromatic rings. The third kappa shape index (κ3) is 4.74. The predicted octanol–water partition coefficient (Wildman–Crippen LogP) is 4.88. The maximum absolute atomic E-state index is 13.5. The number of hydrogen-bond acceptors (Lipinski definition) is 6. The molecule has 34 heavy (non-hydrogen) atoms. The molecule has 0 bridgehead atoms. The molecule has 7 nitrogen and oxygen atoms in total. The van der Waals surface area contributed by atoms with Gasteiger partial charge in [-0.2, -0.15) is 0 Å². The van der Waals surface area contributed by atoms with Crippen LogP contribution in [0.3, 0.4) is 0 Å². The van der Waals surface area contributed by atoms with Gasteiger partial charge in [0.1, 0.15) is 5.58 Å². The molecular weight excluding hydrogens is 434 g/mol. The van der Waals surface area contributed by atoms with Crippen molar-refractivity contribution >= 4 is 16.9 Å². The van der Waals surface area contributed by atoms with E-state index in [1.165, 1.54) is 0 Å². The van der Waals surface area contributed by atoms with E-state index in [1.54, 1.807) is 38.5 Å². The Kier molecular flexibility index (Phi) is 7.10. The molecule has 1 fully saturated rings. The summed E-state index contributed by atoms with van der Waals surface area (Å²) in [4.78, 5) is 28.2. The number of ether oxygens (including phenoxy) is 3. The first-order chi connectivity index (χ1) is 16.4. The highest BCUT2D eigenvalue weighted by Crippen LogP contribution is 2.37. The molecular formula is C27H31NO6. The molecule has 0 radical (unpaired) electrons. The van der Waals surface area contributed by atoms with Crippen molar-refractivity contribution in [1.29, 1.82) is 0 Å². The van der Waals surface area contributed by atoms with E-state index < -0.39 is 0 Å². The maximum Gasteiger partial charge on any atom is 0.260 e. The monoisotopic (exact) mass is 465 g/mol. The van der Waals surface area contributed by atoms with E-state index in [-0.39, 0.29) is 29.5 Å². The van der Waals surface area contributed by atoms with Gasteiger partial charge in [0.15, 0.2) is 23.9 Å². The molecule has 0 saturated carbocycles. The van der Waals surface area contributed by atoms with Crippen LogP contribution in [0.4, 0.5) is 0 Å². The highest BCUT2D eigenvalue weighted by atomic mass is 16.5. The molecule has 0 unspecified atom stereocenters. The first kappa shape index (κ1) is 23.7. The van der Waals surface area contributed by atoms with Gasteiger partial charge < -0.3 is 23.5 Å². The van der Waals surface area contributed by atoms with Crippen molar-refractivity contribution in [2.75, 3.05) is 33.9 Å². The summed E-state index contributed by atoms with van der Waals surface area (Å²) in [6, 6.07) is 8.90. The molecule has 7 heteroatoms. The molecule has 180 valence electrons. The third-order valence-corrected chi connectivity index (χ3v) is 6.41. The van der Waals surface area contributed by atoms with E-state index in [4.69, 9.17) is 18.6 Å². The van der Waals surface area contributed by atoms with Gasteiger partial charge in [0.25, 0.3) is 5.91 Å². The van der Waals surface area contributed by atoms with Gasteiger partial charge in [-0.05, 0) is 68.1 Å². The Bertz CT molecular complexity index is 1250. The van der Waals surface area contributed by atoms with Crippen LogP contribution in [0.25, 0.3) is 22.3 Å². The fourth-order valence-electron chi connectivity index (χ4n) is 4.28. The van der Waals surface area contributed by atoms with E-state index in [0.29, 0.717) is 28.0 Å². The molecule has 0 atom stereocenters. The lowest BCUT2D eigenvalue weighted by Crippen LogP contribution is -2.36. The van der Waals surface area contributed by atoms with Crippen molar-refractivity contribution in [2.24, 2.45) is 0 Å². The largest absolute Gasteiger partial charge is 0.493 e. The van der Waals surface area contributed by atoms with Crippen molar-refractivity contribution in [3.8, 4) is 28.6 Å². The first-order valence-electron chi connectivity index (χ1n) is 11.6. The molecule has 0 aliphatic carbocycles. The summed E-state index contributed by atoms with van der Waals surface area (Å²) in [6.45, 7) is 5.13. The van der Waals surface area contributed by atoms with Gasteiger partial charge in [-0.1, -0.05) is 12.8 Å². The Labute approximate surface area is 199 Å². The molecule has 1 aliphatic heterocycles. The van der Waals surface area contributed by atoms with E-state index in [1.807, 2.05) is 24.8 Å². The summed E-state index contributed by atoms with van der Waals surface area (Å²) < 4.78 is 22.9. The first-order valence-corrected chi connectivity index (χ1v) is 11.6. The van der Waals surface area contributed by atoms with Gasteiger partial charge in [-0.3, -0.25) is 9.59 Å². The van der Waals surface area contributed by atoms with Crippen LogP contribution in [0.1, 0.15) is 36.8 Å². The highest BCUT2D eigenvalue weighted by molar-refractivity contribution is 5.84. The van der Waals surface area contributed by atoms with E-state index in [9.17, 15) is 9.59 Å². The Morgan fingerprint density at radius 1 is 0.941 bits per heavy atom. The van der Waals surface area contributed by atoms with Crippen molar-refractivity contribution in [3.63, 3.8) is 0 Å². The maximum atomic E-state index is 13.5. The lowest BCUT2D eigenvalue weighted by Gasteiger charge is -2.20. The lowest BCUT2D eigenvalue weighted by atomic mass is 10.0. The van der Waals surface area contributed by atoms with Gasteiger partial charge in [0.05, 0.1) is 19.6 Å². The Hall–Kier alpha value is -3.48. The predicted molar refractivity (Wildman–Crippen MR) is 131 cm³/mol. The second kappa shape index (κ2) is 10.2. The highest BCUT2D eigenvalue weighted by Gasteiger charge is 2.22. The van der Waals surface area contributed by atoms with Crippen LogP contribution in [0.2, 0.25) is 0 Å². The Balaban J connectivity index is 1.78. The van der Waals surface area contributed by atoms with Crippen LogP contribution in [-0.4, -0.2) is 44.7 Å².